The van der Waals surface area contributed by atoms with Crippen molar-refractivity contribution in [2.75, 3.05) is 5.32 Å². The zero-order valence-corrected chi connectivity index (χ0v) is 10.5. The summed E-state index contributed by atoms with van der Waals surface area (Å²) in [4.78, 5) is 11.8. The molecular formula is C12H13Cl2NO. The Morgan fingerprint density at radius 2 is 2.12 bits per heavy atom. The van der Waals surface area contributed by atoms with Gasteiger partial charge in [-0.1, -0.05) is 30.1 Å². The van der Waals surface area contributed by atoms with Gasteiger partial charge in [-0.25, -0.2) is 0 Å². The quantitative estimate of drug-likeness (QED) is 0.872. The van der Waals surface area contributed by atoms with Crippen LogP contribution < -0.4 is 5.32 Å². The number of halogens is 2. The van der Waals surface area contributed by atoms with Crippen molar-refractivity contribution >= 4 is 34.8 Å². The summed E-state index contributed by atoms with van der Waals surface area (Å²) in [7, 11) is 0. The number of benzene rings is 1. The minimum Gasteiger partial charge on any atom is -0.325 e. The molecule has 1 aromatic carbocycles. The van der Waals surface area contributed by atoms with Crippen LogP contribution in [-0.4, -0.2) is 5.91 Å². The van der Waals surface area contributed by atoms with E-state index in [0.717, 1.165) is 12.8 Å². The number of anilines is 1. The van der Waals surface area contributed by atoms with Gasteiger partial charge >= 0.3 is 0 Å². The van der Waals surface area contributed by atoms with E-state index in [1.807, 2.05) is 6.92 Å². The molecule has 1 aliphatic carbocycles. The molecule has 0 saturated heterocycles. The molecule has 0 bridgehead atoms. The van der Waals surface area contributed by atoms with E-state index in [4.69, 9.17) is 23.2 Å². The molecule has 1 aromatic rings. The first kappa shape index (κ1) is 11.7. The van der Waals surface area contributed by atoms with Crippen molar-refractivity contribution in [3.63, 3.8) is 0 Å². The maximum Gasteiger partial charge on any atom is 0.227 e. The summed E-state index contributed by atoms with van der Waals surface area (Å²) in [6.07, 6.45) is 2.31. The minimum atomic E-state index is 0.0340. The fraction of sp³-hybridized carbons (Fsp3) is 0.417. The summed E-state index contributed by atoms with van der Waals surface area (Å²) in [6.45, 7) is 1.96. The van der Waals surface area contributed by atoms with E-state index in [-0.39, 0.29) is 11.8 Å². The van der Waals surface area contributed by atoms with E-state index < -0.39 is 0 Å². The third-order valence-electron chi connectivity index (χ3n) is 2.93. The lowest BCUT2D eigenvalue weighted by atomic mass is 10.1. The molecule has 1 N–H and O–H groups in total. The van der Waals surface area contributed by atoms with Crippen LogP contribution in [-0.2, 0) is 4.79 Å². The van der Waals surface area contributed by atoms with Gasteiger partial charge in [0.2, 0.25) is 5.91 Å². The molecule has 0 aromatic heterocycles. The first-order chi connectivity index (χ1) is 7.58. The molecule has 0 heterocycles. The van der Waals surface area contributed by atoms with Crippen LogP contribution >= 0.6 is 23.2 Å². The van der Waals surface area contributed by atoms with Crippen LogP contribution in [0, 0.1) is 11.8 Å². The largest absolute Gasteiger partial charge is 0.325 e. The van der Waals surface area contributed by atoms with Gasteiger partial charge in [-0.15, -0.1) is 0 Å². The Hall–Kier alpha value is -0.730. The van der Waals surface area contributed by atoms with Gasteiger partial charge in [0, 0.05) is 10.9 Å². The number of nitrogens with one attached hydrogen (secondary N) is 1. The first-order valence-electron chi connectivity index (χ1n) is 5.34. The second-order valence-electron chi connectivity index (χ2n) is 4.24. The molecule has 0 radical (unpaired) electrons. The highest BCUT2D eigenvalue weighted by Crippen LogP contribution is 2.37. The van der Waals surface area contributed by atoms with Crippen molar-refractivity contribution in [3.8, 4) is 0 Å². The molecular weight excluding hydrogens is 245 g/mol. The monoisotopic (exact) mass is 257 g/mol. The summed E-state index contributed by atoms with van der Waals surface area (Å²) in [6, 6.07) is 5.06. The number of hydrogen-bond donors (Lipinski definition) is 1. The van der Waals surface area contributed by atoms with E-state index >= 15 is 0 Å². The van der Waals surface area contributed by atoms with Gasteiger partial charge in [0.1, 0.15) is 0 Å². The van der Waals surface area contributed by atoms with Crippen LogP contribution in [0.3, 0.4) is 0 Å². The molecule has 1 fully saturated rings. The number of hydrogen-bond acceptors (Lipinski definition) is 1. The molecule has 2 rings (SSSR count). The number of rotatable bonds is 3. The SMILES string of the molecule is CC(C(=O)Nc1ccc(Cl)cc1Cl)C1CC1. The summed E-state index contributed by atoms with van der Waals surface area (Å²) in [5, 5.41) is 3.87. The van der Waals surface area contributed by atoms with Gasteiger partial charge in [-0.2, -0.15) is 0 Å². The third kappa shape index (κ3) is 2.69. The maximum atomic E-state index is 11.8. The number of carbonyl (C=O) groups is 1. The van der Waals surface area contributed by atoms with Gasteiger partial charge in [0.25, 0.3) is 0 Å². The Balaban J connectivity index is 2.05. The predicted molar refractivity (Wildman–Crippen MR) is 67.0 cm³/mol. The summed E-state index contributed by atoms with van der Waals surface area (Å²) < 4.78 is 0. The lowest BCUT2D eigenvalue weighted by Crippen LogP contribution is -2.21. The van der Waals surface area contributed by atoms with Crippen LogP contribution in [0.1, 0.15) is 19.8 Å². The molecule has 0 aliphatic heterocycles. The van der Waals surface area contributed by atoms with E-state index in [9.17, 15) is 4.79 Å². The van der Waals surface area contributed by atoms with Crippen LogP contribution in [0.4, 0.5) is 5.69 Å². The van der Waals surface area contributed by atoms with Crippen molar-refractivity contribution < 1.29 is 4.79 Å². The summed E-state index contributed by atoms with van der Waals surface area (Å²) in [5.41, 5.74) is 0.628. The van der Waals surface area contributed by atoms with E-state index in [1.54, 1.807) is 18.2 Å². The Morgan fingerprint density at radius 3 is 2.69 bits per heavy atom. The Labute approximate surface area is 105 Å². The fourth-order valence-electron chi connectivity index (χ4n) is 1.65. The first-order valence-corrected chi connectivity index (χ1v) is 6.09. The van der Waals surface area contributed by atoms with Crippen molar-refractivity contribution in [3.05, 3.63) is 28.2 Å². The van der Waals surface area contributed by atoms with E-state index in [2.05, 4.69) is 5.32 Å². The van der Waals surface area contributed by atoms with E-state index in [0.29, 0.717) is 21.7 Å². The van der Waals surface area contributed by atoms with Crippen molar-refractivity contribution in [2.24, 2.45) is 11.8 Å². The van der Waals surface area contributed by atoms with Crippen molar-refractivity contribution in [1.82, 2.24) is 0 Å². The highest BCUT2D eigenvalue weighted by atomic mass is 35.5. The predicted octanol–water partition coefficient (Wildman–Crippen LogP) is 3.98. The van der Waals surface area contributed by atoms with Crippen molar-refractivity contribution in [1.29, 1.82) is 0 Å². The van der Waals surface area contributed by atoms with Crippen LogP contribution in [0.2, 0.25) is 10.0 Å². The minimum absolute atomic E-state index is 0.0340. The fourth-order valence-corrected chi connectivity index (χ4v) is 2.10. The average Bonchev–Trinajstić information content (AvgIpc) is 3.04. The molecule has 1 atom stereocenters. The van der Waals surface area contributed by atoms with Crippen LogP contribution in [0.5, 0.6) is 0 Å². The second kappa shape index (κ2) is 4.64. The topological polar surface area (TPSA) is 29.1 Å². The summed E-state index contributed by atoms with van der Waals surface area (Å²) >= 11 is 11.8. The number of amides is 1. The Morgan fingerprint density at radius 1 is 1.44 bits per heavy atom. The Kier molecular flexibility index (Phi) is 3.41. The standard InChI is InChI=1S/C12H13Cl2NO/c1-7(8-2-3-8)12(16)15-11-5-4-9(13)6-10(11)14/h4-8H,2-3H2,1H3,(H,15,16). The molecule has 1 unspecified atom stereocenters. The van der Waals surface area contributed by atoms with Crippen LogP contribution in [0.15, 0.2) is 18.2 Å². The molecule has 1 saturated carbocycles. The highest BCUT2D eigenvalue weighted by Gasteiger charge is 2.32. The smallest absolute Gasteiger partial charge is 0.227 e. The maximum absolute atomic E-state index is 11.8. The highest BCUT2D eigenvalue weighted by molar-refractivity contribution is 6.36. The number of carbonyl (C=O) groups excluding carboxylic acids is 1. The second-order valence-corrected chi connectivity index (χ2v) is 5.08. The molecule has 4 heteroatoms. The molecule has 2 nitrogen and oxygen atoms in total. The van der Waals surface area contributed by atoms with Crippen LogP contribution in [0.25, 0.3) is 0 Å². The molecule has 1 aliphatic rings. The molecule has 86 valence electrons. The van der Waals surface area contributed by atoms with Gasteiger partial charge in [0.15, 0.2) is 0 Å². The van der Waals surface area contributed by atoms with Gasteiger partial charge < -0.3 is 5.32 Å². The molecule has 16 heavy (non-hydrogen) atoms. The lowest BCUT2D eigenvalue weighted by Gasteiger charge is -2.12. The zero-order chi connectivity index (χ0) is 11.7. The summed E-state index contributed by atoms with van der Waals surface area (Å²) in [5.74, 6) is 0.643. The third-order valence-corrected chi connectivity index (χ3v) is 3.48. The lowest BCUT2D eigenvalue weighted by molar-refractivity contribution is -0.119. The Bertz CT molecular complexity index is 415. The van der Waals surface area contributed by atoms with Crippen molar-refractivity contribution in [2.45, 2.75) is 19.8 Å². The van der Waals surface area contributed by atoms with Gasteiger partial charge in [-0.05, 0) is 37.0 Å². The van der Waals surface area contributed by atoms with Gasteiger partial charge in [0.05, 0.1) is 10.7 Å². The normalized spacial score (nSPS) is 16.9. The zero-order valence-electron chi connectivity index (χ0n) is 8.97. The molecule has 1 amide bonds. The average molecular weight is 258 g/mol. The van der Waals surface area contributed by atoms with E-state index in [1.165, 1.54) is 0 Å². The van der Waals surface area contributed by atoms with Gasteiger partial charge in [-0.3, -0.25) is 4.79 Å². The molecule has 0 spiro atoms.